The number of benzene rings is 1. The molecule has 3 amide bonds. The molecule has 0 radical (unpaired) electrons. The van der Waals surface area contributed by atoms with Crippen molar-refractivity contribution in [3.63, 3.8) is 0 Å². The summed E-state index contributed by atoms with van der Waals surface area (Å²) in [6.45, 7) is 1.78. The van der Waals surface area contributed by atoms with Crippen LogP contribution in [-0.4, -0.2) is 39.1 Å². The van der Waals surface area contributed by atoms with Crippen LogP contribution in [0.4, 0.5) is 5.13 Å². The standard InChI is InChI=1S/C20H17ClN4O3S/c1-12-8-13(21)9-15-19(12)23-20(29-15)25(10-14-4-2-3-7-22-14)18(28)11-24-16(26)5-6-17(24)27/h2-4,7-9H,5-6,10-11H2,1H3. The Labute approximate surface area is 175 Å². The van der Waals surface area contributed by atoms with Crippen molar-refractivity contribution in [2.45, 2.75) is 26.3 Å². The molecule has 1 saturated heterocycles. The van der Waals surface area contributed by atoms with Gasteiger partial charge in [-0.25, -0.2) is 4.98 Å². The third-order valence-electron chi connectivity index (χ3n) is 4.67. The van der Waals surface area contributed by atoms with Gasteiger partial charge in [-0.05, 0) is 36.8 Å². The Kier molecular flexibility index (Phi) is 5.29. The molecule has 4 rings (SSSR count). The minimum atomic E-state index is -0.387. The molecule has 2 aromatic heterocycles. The number of thiazole rings is 1. The Bertz CT molecular complexity index is 1100. The number of pyridine rings is 1. The quantitative estimate of drug-likeness (QED) is 0.582. The largest absolute Gasteiger partial charge is 0.280 e. The minimum absolute atomic E-state index is 0.144. The van der Waals surface area contributed by atoms with E-state index in [1.165, 1.54) is 16.2 Å². The third kappa shape index (κ3) is 3.99. The van der Waals surface area contributed by atoms with E-state index in [0.29, 0.717) is 15.8 Å². The number of hydrogen-bond acceptors (Lipinski definition) is 6. The number of carbonyl (C=O) groups excluding carboxylic acids is 3. The molecule has 7 nitrogen and oxygen atoms in total. The first-order chi connectivity index (χ1) is 13.9. The van der Waals surface area contributed by atoms with Crippen molar-refractivity contribution in [2.75, 3.05) is 11.4 Å². The van der Waals surface area contributed by atoms with Crippen LogP contribution in [-0.2, 0) is 20.9 Å². The number of hydrogen-bond donors (Lipinski definition) is 0. The maximum absolute atomic E-state index is 13.1. The van der Waals surface area contributed by atoms with E-state index < -0.39 is 0 Å². The third-order valence-corrected chi connectivity index (χ3v) is 5.91. The van der Waals surface area contributed by atoms with Crippen molar-refractivity contribution in [1.82, 2.24) is 14.9 Å². The minimum Gasteiger partial charge on any atom is -0.280 e. The summed E-state index contributed by atoms with van der Waals surface area (Å²) in [6, 6.07) is 9.06. The number of halogens is 1. The molecule has 0 spiro atoms. The van der Waals surface area contributed by atoms with Crippen molar-refractivity contribution in [1.29, 1.82) is 0 Å². The molecule has 0 unspecified atom stereocenters. The van der Waals surface area contributed by atoms with Gasteiger partial charge in [-0.15, -0.1) is 0 Å². The number of fused-ring (bicyclic) bond motifs is 1. The number of aryl methyl sites for hydroxylation is 1. The molecule has 0 saturated carbocycles. The lowest BCUT2D eigenvalue weighted by molar-refractivity contribution is -0.141. The maximum atomic E-state index is 13.1. The number of likely N-dealkylation sites (tertiary alicyclic amines) is 1. The van der Waals surface area contributed by atoms with Gasteiger partial charge >= 0.3 is 0 Å². The van der Waals surface area contributed by atoms with Gasteiger partial charge in [0.05, 0.1) is 22.5 Å². The van der Waals surface area contributed by atoms with Gasteiger partial charge in [-0.3, -0.25) is 29.2 Å². The first-order valence-electron chi connectivity index (χ1n) is 9.02. The number of aromatic nitrogens is 2. The van der Waals surface area contributed by atoms with Crippen LogP contribution in [0.25, 0.3) is 10.2 Å². The summed E-state index contributed by atoms with van der Waals surface area (Å²) in [5.74, 6) is -1.04. The first-order valence-corrected chi connectivity index (χ1v) is 10.2. The van der Waals surface area contributed by atoms with Crippen molar-refractivity contribution >= 4 is 56.0 Å². The zero-order chi connectivity index (χ0) is 20.5. The Hall–Kier alpha value is -2.84. The lowest BCUT2D eigenvalue weighted by Crippen LogP contribution is -2.42. The summed E-state index contributed by atoms with van der Waals surface area (Å²) in [6.07, 6.45) is 1.93. The SMILES string of the molecule is Cc1cc(Cl)cc2sc(N(Cc3ccccn3)C(=O)CN3C(=O)CCC3=O)nc12. The normalized spacial score (nSPS) is 14.1. The van der Waals surface area contributed by atoms with E-state index in [0.717, 1.165) is 20.7 Å². The molecular weight excluding hydrogens is 412 g/mol. The van der Waals surface area contributed by atoms with Crippen LogP contribution in [0, 0.1) is 6.92 Å². The molecule has 0 atom stereocenters. The average Bonchev–Trinajstić information content (AvgIpc) is 3.25. The highest BCUT2D eigenvalue weighted by Gasteiger charge is 2.33. The molecule has 1 aliphatic heterocycles. The second-order valence-corrected chi connectivity index (χ2v) is 8.19. The van der Waals surface area contributed by atoms with E-state index >= 15 is 0 Å². The van der Waals surface area contributed by atoms with Gasteiger partial charge < -0.3 is 0 Å². The van der Waals surface area contributed by atoms with Crippen LogP contribution in [0.2, 0.25) is 5.02 Å². The fraction of sp³-hybridized carbons (Fsp3) is 0.250. The molecule has 1 aromatic carbocycles. The van der Waals surface area contributed by atoms with Gasteiger partial charge in [-0.1, -0.05) is 29.0 Å². The summed E-state index contributed by atoms with van der Waals surface area (Å²) in [7, 11) is 0. The van der Waals surface area contributed by atoms with E-state index in [1.54, 1.807) is 12.3 Å². The van der Waals surface area contributed by atoms with E-state index in [4.69, 9.17) is 11.6 Å². The molecule has 1 aliphatic rings. The first kappa shape index (κ1) is 19.5. The van der Waals surface area contributed by atoms with E-state index in [2.05, 4.69) is 9.97 Å². The summed E-state index contributed by atoms with van der Waals surface area (Å²) >= 11 is 7.49. The van der Waals surface area contributed by atoms with Crippen LogP contribution in [0.5, 0.6) is 0 Å². The van der Waals surface area contributed by atoms with Crippen molar-refractivity contribution in [3.05, 3.63) is 52.8 Å². The molecule has 9 heteroatoms. The molecule has 0 bridgehead atoms. The molecule has 29 heavy (non-hydrogen) atoms. The van der Waals surface area contributed by atoms with Crippen molar-refractivity contribution in [2.24, 2.45) is 0 Å². The highest BCUT2D eigenvalue weighted by Crippen LogP contribution is 2.33. The topological polar surface area (TPSA) is 83.5 Å². The van der Waals surface area contributed by atoms with Gasteiger partial charge in [0.2, 0.25) is 17.7 Å². The Morgan fingerprint density at radius 2 is 2.00 bits per heavy atom. The van der Waals surface area contributed by atoms with Crippen LogP contribution in [0.15, 0.2) is 36.5 Å². The number of amides is 3. The maximum Gasteiger partial charge on any atom is 0.249 e. The molecule has 3 heterocycles. The average molecular weight is 429 g/mol. The van der Waals surface area contributed by atoms with Crippen LogP contribution in [0.3, 0.4) is 0 Å². The van der Waals surface area contributed by atoms with Gasteiger partial charge in [0.15, 0.2) is 5.13 Å². The second-order valence-electron chi connectivity index (χ2n) is 6.74. The van der Waals surface area contributed by atoms with Crippen LogP contribution < -0.4 is 4.90 Å². The summed E-state index contributed by atoms with van der Waals surface area (Å²) < 4.78 is 0.858. The smallest absolute Gasteiger partial charge is 0.249 e. The van der Waals surface area contributed by atoms with E-state index in [-0.39, 0.29) is 43.7 Å². The van der Waals surface area contributed by atoms with E-state index in [1.807, 2.05) is 31.2 Å². The predicted molar refractivity (Wildman–Crippen MR) is 111 cm³/mol. The number of anilines is 1. The summed E-state index contributed by atoms with van der Waals surface area (Å²) in [4.78, 5) is 48.4. The van der Waals surface area contributed by atoms with Crippen molar-refractivity contribution in [3.8, 4) is 0 Å². The van der Waals surface area contributed by atoms with Gasteiger partial charge in [0.25, 0.3) is 0 Å². The zero-order valence-corrected chi connectivity index (χ0v) is 17.2. The molecular formula is C20H17ClN4O3S. The predicted octanol–water partition coefficient (Wildman–Crippen LogP) is 3.34. The highest BCUT2D eigenvalue weighted by atomic mass is 35.5. The van der Waals surface area contributed by atoms with E-state index in [9.17, 15) is 14.4 Å². The Morgan fingerprint density at radius 3 is 2.69 bits per heavy atom. The number of nitrogens with zero attached hydrogens (tertiary/aromatic N) is 4. The van der Waals surface area contributed by atoms with Crippen molar-refractivity contribution < 1.29 is 14.4 Å². The highest BCUT2D eigenvalue weighted by molar-refractivity contribution is 7.22. The molecule has 0 aliphatic carbocycles. The molecule has 3 aromatic rings. The number of imide groups is 1. The Balaban J connectivity index is 1.70. The fourth-order valence-corrected chi connectivity index (χ4v) is 4.63. The summed E-state index contributed by atoms with van der Waals surface area (Å²) in [5, 5.41) is 1.07. The lowest BCUT2D eigenvalue weighted by atomic mass is 10.2. The number of carbonyl (C=O) groups is 3. The number of rotatable bonds is 5. The van der Waals surface area contributed by atoms with Crippen LogP contribution in [0.1, 0.15) is 24.1 Å². The Morgan fingerprint density at radius 1 is 1.24 bits per heavy atom. The monoisotopic (exact) mass is 428 g/mol. The van der Waals surface area contributed by atoms with Gasteiger partial charge in [0, 0.05) is 24.1 Å². The summed E-state index contributed by atoms with van der Waals surface area (Å²) in [5.41, 5.74) is 2.35. The van der Waals surface area contributed by atoms with Gasteiger partial charge in [0.1, 0.15) is 6.54 Å². The molecule has 0 N–H and O–H groups in total. The molecule has 1 fully saturated rings. The molecule has 148 valence electrons. The van der Waals surface area contributed by atoms with Gasteiger partial charge in [-0.2, -0.15) is 0 Å². The lowest BCUT2D eigenvalue weighted by Gasteiger charge is -2.22. The second kappa shape index (κ2) is 7.88. The zero-order valence-electron chi connectivity index (χ0n) is 15.6. The van der Waals surface area contributed by atoms with Crippen LogP contribution >= 0.6 is 22.9 Å². The fourth-order valence-electron chi connectivity index (χ4n) is 3.19.